The Morgan fingerprint density at radius 3 is 2.64 bits per heavy atom. The third-order valence-corrected chi connectivity index (χ3v) is 3.52. The maximum absolute atomic E-state index is 12.1. The van der Waals surface area contributed by atoms with Gasteiger partial charge in [0, 0.05) is 17.2 Å². The molecule has 1 aliphatic carbocycles. The number of hydrogen-bond donors (Lipinski definition) is 3. The Morgan fingerprint density at radius 1 is 1.32 bits per heavy atom. The van der Waals surface area contributed by atoms with E-state index in [-0.39, 0.29) is 11.8 Å². The number of carboxylic acid groups (broad SMARTS) is 1. The Balaban J connectivity index is 2.02. The zero-order valence-corrected chi connectivity index (χ0v) is 12.5. The van der Waals surface area contributed by atoms with Gasteiger partial charge in [-0.2, -0.15) is 0 Å². The first-order valence-electron chi connectivity index (χ1n) is 7.46. The van der Waals surface area contributed by atoms with E-state index in [0.717, 1.165) is 12.8 Å². The van der Waals surface area contributed by atoms with Crippen LogP contribution in [0.4, 0.5) is 5.69 Å². The van der Waals surface area contributed by atoms with Gasteiger partial charge in [-0.25, -0.2) is 4.79 Å². The second-order valence-electron chi connectivity index (χ2n) is 5.50. The number of amides is 2. The molecule has 2 rings (SSSR count). The summed E-state index contributed by atoms with van der Waals surface area (Å²) in [4.78, 5) is 34.9. The zero-order chi connectivity index (χ0) is 16.1. The van der Waals surface area contributed by atoms with Crippen LogP contribution in [0.2, 0.25) is 0 Å². The molecule has 6 heteroatoms. The molecule has 1 fully saturated rings. The average molecular weight is 304 g/mol. The minimum Gasteiger partial charge on any atom is -0.480 e. The Kier molecular flexibility index (Phi) is 5.14. The van der Waals surface area contributed by atoms with Crippen LogP contribution in [0.15, 0.2) is 24.3 Å². The predicted octanol–water partition coefficient (Wildman–Crippen LogP) is 2.02. The fourth-order valence-electron chi connectivity index (χ4n) is 2.12. The van der Waals surface area contributed by atoms with Crippen LogP contribution >= 0.6 is 0 Å². The Hall–Kier alpha value is -2.37. The molecule has 0 radical (unpaired) electrons. The van der Waals surface area contributed by atoms with Gasteiger partial charge in [0.1, 0.15) is 6.04 Å². The smallest absolute Gasteiger partial charge is 0.326 e. The lowest BCUT2D eigenvalue weighted by atomic mass is 10.1. The van der Waals surface area contributed by atoms with Gasteiger partial charge in [0.25, 0.3) is 5.91 Å². The number of carbonyl (C=O) groups is 3. The third-order valence-electron chi connectivity index (χ3n) is 3.52. The minimum atomic E-state index is -1.05. The molecule has 1 aromatic carbocycles. The molecule has 0 bridgehead atoms. The van der Waals surface area contributed by atoms with Crippen molar-refractivity contribution in [3.8, 4) is 0 Å². The van der Waals surface area contributed by atoms with Gasteiger partial charge in [0.05, 0.1) is 0 Å². The van der Waals surface area contributed by atoms with Gasteiger partial charge in [0.2, 0.25) is 5.91 Å². The third kappa shape index (κ3) is 4.31. The van der Waals surface area contributed by atoms with Crippen molar-refractivity contribution in [3.63, 3.8) is 0 Å². The molecule has 1 saturated carbocycles. The van der Waals surface area contributed by atoms with E-state index in [0.29, 0.717) is 24.1 Å². The van der Waals surface area contributed by atoms with E-state index in [1.54, 1.807) is 24.3 Å². The normalized spacial score (nSPS) is 15.0. The molecule has 0 saturated heterocycles. The van der Waals surface area contributed by atoms with Gasteiger partial charge >= 0.3 is 5.97 Å². The van der Waals surface area contributed by atoms with Crippen molar-refractivity contribution in [2.75, 3.05) is 5.32 Å². The summed E-state index contributed by atoms with van der Waals surface area (Å²) in [6.45, 7) is 1.86. The van der Waals surface area contributed by atoms with Crippen LogP contribution in [-0.2, 0) is 9.59 Å². The maximum Gasteiger partial charge on any atom is 0.326 e. The van der Waals surface area contributed by atoms with Crippen LogP contribution in [0, 0.1) is 5.92 Å². The monoisotopic (exact) mass is 304 g/mol. The fourth-order valence-corrected chi connectivity index (χ4v) is 2.12. The summed E-state index contributed by atoms with van der Waals surface area (Å²) in [7, 11) is 0. The highest BCUT2D eigenvalue weighted by Gasteiger charge is 2.29. The topological polar surface area (TPSA) is 95.5 Å². The van der Waals surface area contributed by atoms with Crippen molar-refractivity contribution >= 4 is 23.5 Å². The number of rotatable bonds is 7. The van der Waals surface area contributed by atoms with Crippen molar-refractivity contribution in [1.29, 1.82) is 0 Å². The molecule has 1 unspecified atom stereocenters. The molecule has 118 valence electrons. The number of hydrogen-bond acceptors (Lipinski definition) is 3. The molecule has 0 aromatic heterocycles. The molecule has 1 aromatic rings. The maximum atomic E-state index is 12.1. The lowest BCUT2D eigenvalue weighted by Crippen LogP contribution is -2.40. The van der Waals surface area contributed by atoms with E-state index in [1.165, 1.54) is 0 Å². The first-order chi connectivity index (χ1) is 10.5. The number of aliphatic carboxylic acids is 1. The first kappa shape index (κ1) is 16.0. The summed E-state index contributed by atoms with van der Waals surface area (Å²) >= 11 is 0. The second kappa shape index (κ2) is 7.06. The predicted molar refractivity (Wildman–Crippen MR) is 81.6 cm³/mol. The van der Waals surface area contributed by atoms with Crippen LogP contribution < -0.4 is 10.6 Å². The van der Waals surface area contributed by atoms with Gasteiger partial charge in [-0.1, -0.05) is 19.4 Å². The van der Waals surface area contributed by atoms with Crippen molar-refractivity contribution in [1.82, 2.24) is 5.32 Å². The highest BCUT2D eigenvalue weighted by atomic mass is 16.4. The number of carbonyl (C=O) groups excluding carboxylic acids is 2. The van der Waals surface area contributed by atoms with Crippen LogP contribution in [0.3, 0.4) is 0 Å². The van der Waals surface area contributed by atoms with Crippen molar-refractivity contribution < 1.29 is 19.5 Å². The zero-order valence-electron chi connectivity index (χ0n) is 12.5. The number of benzene rings is 1. The minimum absolute atomic E-state index is 0.0352. The Morgan fingerprint density at radius 2 is 2.05 bits per heavy atom. The summed E-state index contributed by atoms with van der Waals surface area (Å²) in [5, 5.41) is 14.3. The lowest BCUT2D eigenvalue weighted by Gasteiger charge is -2.14. The lowest BCUT2D eigenvalue weighted by molar-refractivity contribution is -0.139. The quantitative estimate of drug-likeness (QED) is 0.718. The SMILES string of the molecule is CCCC(NC(=O)c1cccc(NC(=O)C2CC2)c1)C(=O)O. The van der Waals surface area contributed by atoms with E-state index in [9.17, 15) is 14.4 Å². The molecule has 6 nitrogen and oxygen atoms in total. The van der Waals surface area contributed by atoms with E-state index in [4.69, 9.17) is 5.11 Å². The molecule has 0 spiro atoms. The molecular formula is C16H20N2O4. The Bertz CT molecular complexity index is 581. The first-order valence-corrected chi connectivity index (χ1v) is 7.46. The van der Waals surface area contributed by atoms with Gasteiger partial charge in [0.15, 0.2) is 0 Å². The standard InChI is InChI=1S/C16H20N2O4/c1-2-4-13(16(21)22)18-15(20)11-5-3-6-12(9-11)17-14(19)10-7-8-10/h3,5-6,9-10,13H,2,4,7-8H2,1H3,(H,17,19)(H,18,20)(H,21,22). The largest absolute Gasteiger partial charge is 0.480 e. The number of carboxylic acids is 1. The molecular weight excluding hydrogens is 284 g/mol. The van der Waals surface area contributed by atoms with E-state index in [1.807, 2.05) is 6.92 Å². The molecule has 1 atom stereocenters. The van der Waals surface area contributed by atoms with Crippen LogP contribution in [0.1, 0.15) is 43.0 Å². The highest BCUT2D eigenvalue weighted by Crippen LogP contribution is 2.30. The summed E-state index contributed by atoms with van der Waals surface area (Å²) in [5.74, 6) is -1.46. The average Bonchev–Trinajstić information content (AvgIpc) is 3.31. The molecule has 1 aliphatic rings. The number of anilines is 1. The Labute approximate surface area is 128 Å². The van der Waals surface area contributed by atoms with E-state index >= 15 is 0 Å². The molecule has 2 amide bonds. The summed E-state index contributed by atoms with van der Waals surface area (Å²) in [6, 6.07) is 5.61. The van der Waals surface area contributed by atoms with Crippen LogP contribution in [0.25, 0.3) is 0 Å². The van der Waals surface area contributed by atoms with Crippen molar-refractivity contribution in [2.45, 2.75) is 38.6 Å². The molecule has 0 heterocycles. The summed E-state index contributed by atoms with van der Waals surface area (Å²) in [5.41, 5.74) is 0.878. The number of nitrogens with one attached hydrogen (secondary N) is 2. The van der Waals surface area contributed by atoms with Crippen LogP contribution in [-0.4, -0.2) is 28.9 Å². The van der Waals surface area contributed by atoms with Crippen LogP contribution in [0.5, 0.6) is 0 Å². The van der Waals surface area contributed by atoms with E-state index in [2.05, 4.69) is 10.6 Å². The summed E-state index contributed by atoms with van der Waals surface area (Å²) < 4.78 is 0. The van der Waals surface area contributed by atoms with Gasteiger partial charge in [-0.15, -0.1) is 0 Å². The van der Waals surface area contributed by atoms with Gasteiger partial charge in [-0.3, -0.25) is 9.59 Å². The van der Waals surface area contributed by atoms with Gasteiger partial charge in [-0.05, 0) is 37.5 Å². The highest BCUT2D eigenvalue weighted by molar-refractivity contribution is 5.99. The summed E-state index contributed by atoms with van der Waals surface area (Å²) in [6.07, 6.45) is 2.85. The van der Waals surface area contributed by atoms with Crippen molar-refractivity contribution in [2.24, 2.45) is 5.92 Å². The van der Waals surface area contributed by atoms with Gasteiger partial charge < -0.3 is 15.7 Å². The van der Waals surface area contributed by atoms with E-state index < -0.39 is 17.9 Å². The molecule has 3 N–H and O–H groups in total. The van der Waals surface area contributed by atoms with Crippen molar-refractivity contribution in [3.05, 3.63) is 29.8 Å². The fraction of sp³-hybridized carbons (Fsp3) is 0.438. The molecule has 0 aliphatic heterocycles. The molecule has 22 heavy (non-hydrogen) atoms. The second-order valence-corrected chi connectivity index (χ2v) is 5.50.